The first-order valence-corrected chi connectivity index (χ1v) is 4.47. The smallest absolute Gasteiger partial charge is 0.341 e. The normalized spacial score (nSPS) is 24.8. The van der Waals surface area contributed by atoms with E-state index in [4.69, 9.17) is 5.11 Å². The topological polar surface area (TPSA) is 37.3 Å². The number of rotatable bonds is 2. The Labute approximate surface area is 71.8 Å². The summed E-state index contributed by atoms with van der Waals surface area (Å²) >= 11 is 0. The molecule has 0 radical (unpaired) electrons. The molecule has 0 saturated heterocycles. The maximum atomic E-state index is 13.5. The second-order valence-electron chi connectivity index (χ2n) is 3.72. The molecule has 0 aromatic heterocycles. The zero-order valence-electron chi connectivity index (χ0n) is 7.35. The molecule has 0 aromatic rings. The number of alkyl halides is 1. The highest BCUT2D eigenvalue weighted by Crippen LogP contribution is 2.35. The molecule has 0 heterocycles. The molecule has 70 valence electrons. The summed E-state index contributed by atoms with van der Waals surface area (Å²) in [6, 6.07) is 0. The molecule has 1 fully saturated rings. The third-order valence-electron chi connectivity index (χ3n) is 2.79. The Balaban J connectivity index is 2.59. The summed E-state index contributed by atoms with van der Waals surface area (Å²) < 4.78 is 13.5. The molecule has 0 bridgehead atoms. The zero-order chi connectivity index (χ0) is 9.19. The Bertz CT molecular complexity index is 171. The highest BCUT2D eigenvalue weighted by Gasteiger charge is 2.41. The molecule has 0 spiro atoms. The molecular formula is C9H15FO2. The summed E-state index contributed by atoms with van der Waals surface area (Å²) in [6.45, 7) is 1.19. The van der Waals surface area contributed by atoms with E-state index in [-0.39, 0.29) is 5.92 Å². The van der Waals surface area contributed by atoms with Crippen molar-refractivity contribution in [2.24, 2.45) is 5.92 Å². The number of halogens is 1. The first-order chi connectivity index (χ1) is 5.55. The van der Waals surface area contributed by atoms with Gasteiger partial charge in [0.05, 0.1) is 0 Å². The minimum absolute atomic E-state index is 0.274. The number of carboxylic acid groups (broad SMARTS) is 1. The molecule has 1 aliphatic carbocycles. The molecule has 12 heavy (non-hydrogen) atoms. The van der Waals surface area contributed by atoms with Crippen LogP contribution >= 0.6 is 0 Å². The van der Waals surface area contributed by atoms with E-state index < -0.39 is 11.6 Å². The van der Waals surface area contributed by atoms with Gasteiger partial charge in [-0.05, 0) is 19.8 Å². The van der Waals surface area contributed by atoms with Crippen LogP contribution in [0.4, 0.5) is 4.39 Å². The van der Waals surface area contributed by atoms with Gasteiger partial charge in [-0.1, -0.05) is 19.3 Å². The summed E-state index contributed by atoms with van der Waals surface area (Å²) in [7, 11) is 0. The van der Waals surface area contributed by atoms with Gasteiger partial charge in [0.2, 0.25) is 5.67 Å². The third-order valence-corrected chi connectivity index (χ3v) is 2.79. The molecule has 1 rings (SSSR count). The first kappa shape index (κ1) is 9.49. The minimum Gasteiger partial charge on any atom is -0.479 e. The minimum atomic E-state index is -2.01. The molecular weight excluding hydrogens is 159 g/mol. The predicted molar refractivity (Wildman–Crippen MR) is 43.7 cm³/mol. The highest BCUT2D eigenvalue weighted by molar-refractivity contribution is 5.77. The molecule has 1 aliphatic rings. The first-order valence-electron chi connectivity index (χ1n) is 4.47. The molecule has 0 amide bonds. The van der Waals surface area contributed by atoms with Crippen molar-refractivity contribution in [1.29, 1.82) is 0 Å². The van der Waals surface area contributed by atoms with Crippen LogP contribution in [0, 0.1) is 5.92 Å². The van der Waals surface area contributed by atoms with E-state index in [0.717, 1.165) is 32.1 Å². The number of carbonyl (C=O) groups is 1. The number of hydrogen-bond donors (Lipinski definition) is 1. The van der Waals surface area contributed by atoms with Crippen LogP contribution in [-0.4, -0.2) is 16.7 Å². The van der Waals surface area contributed by atoms with Crippen molar-refractivity contribution in [3.8, 4) is 0 Å². The van der Waals surface area contributed by atoms with E-state index in [1.165, 1.54) is 6.92 Å². The van der Waals surface area contributed by atoms with Crippen LogP contribution in [0.2, 0.25) is 0 Å². The van der Waals surface area contributed by atoms with Crippen molar-refractivity contribution >= 4 is 5.97 Å². The zero-order valence-corrected chi connectivity index (χ0v) is 7.35. The van der Waals surface area contributed by atoms with Crippen LogP contribution < -0.4 is 0 Å². The van der Waals surface area contributed by atoms with Gasteiger partial charge in [-0.25, -0.2) is 9.18 Å². The lowest BCUT2D eigenvalue weighted by molar-refractivity contribution is -0.154. The molecule has 1 saturated carbocycles. The van der Waals surface area contributed by atoms with Crippen LogP contribution in [0.1, 0.15) is 39.0 Å². The van der Waals surface area contributed by atoms with Gasteiger partial charge in [-0.15, -0.1) is 0 Å². The van der Waals surface area contributed by atoms with Crippen molar-refractivity contribution in [2.45, 2.75) is 44.7 Å². The molecule has 0 aromatic carbocycles. The van der Waals surface area contributed by atoms with Gasteiger partial charge in [0.15, 0.2) is 0 Å². The van der Waals surface area contributed by atoms with E-state index in [2.05, 4.69) is 0 Å². The molecule has 1 unspecified atom stereocenters. The Kier molecular flexibility index (Phi) is 2.70. The van der Waals surface area contributed by atoms with Crippen molar-refractivity contribution in [2.75, 3.05) is 0 Å². The monoisotopic (exact) mass is 174 g/mol. The SMILES string of the molecule is CC(F)(C(=O)O)C1CCCCC1. The number of hydrogen-bond acceptors (Lipinski definition) is 1. The lowest BCUT2D eigenvalue weighted by Crippen LogP contribution is -2.39. The number of aliphatic carboxylic acids is 1. The van der Waals surface area contributed by atoms with Gasteiger partial charge < -0.3 is 5.11 Å². The van der Waals surface area contributed by atoms with E-state index in [0.29, 0.717) is 0 Å². The van der Waals surface area contributed by atoms with Gasteiger partial charge in [-0.2, -0.15) is 0 Å². The highest BCUT2D eigenvalue weighted by atomic mass is 19.1. The predicted octanol–water partition coefficient (Wildman–Crippen LogP) is 2.38. The maximum absolute atomic E-state index is 13.5. The fourth-order valence-corrected chi connectivity index (χ4v) is 1.82. The molecule has 2 nitrogen and oxygen atoms in total. The Hall–Kier alpha value is -0.600. The van der Waals surface area contributed by atoms with Crippen molar-refractivity contribution in [3.63, 3.8) is 0 Å². The maximum Gasteiger partial charge on any atom is 0.341 e. The molecule has 0 aliphatic heterocycles. The quantitative estimate of drug-likeness (QED) is 0.697. The fraction of sp³-hybridized carbons (Fsp3) is 0.889. The second-order valence-corrected chi connectivity index (χ2v) is 3.72. The van der Waals surface area contributed by atoms with Crippen LogP contribution in [0.5, 0.6) is 0 Å². The summed E-state index contributed by atoms with van der Waals surface area (Å²) in [5.74, 6) is -1.59. The molecule has 1 atom stereocenters. The molecule has 3 heteroatoms. The van der Waals surface area contributed by atoms with Gasteiger partial charge in [-0.3, -0.25) is 0 Å². The summed E-state index contributed by atoms with van der Waals surface area (Å²) in [5.41, 5.74) is -2.01. The standard InChI is InChI=1S/C9H15FO2/c1-9(10,8(11)12)7-5-3-2-4-6-7/h7H,2-6H2,1H3,(H,11,12). The van der Waals surface area contributed by atoms with Gasteiger partial charge >= 0.3 is 5.97 Å². The van der Waals surface area contributed by atoms with Gasteiger partial charge in [0, 0.05) is 5.92 Å². The average Bonchev–Trinajstić information content (AvgIpc) is 2.06. The molecule has 1 N–H and O–H groups in total. The van der Waals surface area contributed by atoms with Crippen LogP contribution in [0.25, 0.3) is 0 Å². The fourth-order valence-electron chi connectivity index (χ4n) is 1.82. The van der Waals surface area contributed by atoms with E-state index >= 15 is 0 Å². The van der Waals surface area contributed by atoms with E-state index in [1.54, 1.807) is 0 Å². The Morgan fingerprint density at radius 2 is 1.92 bits per heavy atom. The second kappa shape index (κ2) is 3.42. The van der Waals surface area contributed by atoms with Gasteiger partial charge in [0.25, 0.3) is 0 Å². The van der Waals surface area contributed by atoms with Gasteiger partial charge in [0.1, 0.15) is 0 Å². The van der Waals surface area contributed by atoms with Crippen LogP contribution in [0.15, 0.2) is 0 Å². The Morgan fingerprint density at radius 1 is 1.42 bits per heavy atom. The van der Waals surface area contributed by atoms with Crippen LogP contribution in [0.3, 0.4) is 0 Å². The number of carboxylic acids is 1. The largest absolute Gasteiger partial charge is 0.479 e. The lowest BCUT2D eigenvalue weighted by Gasteiger charge is -2.29. The summed E-state index contributed by atoms with van der Waals surface area (Å²) in [6.07, 6.45) is 4.50. The lowest BCUT2D eigenvalue weighted by atomic mass is 9.79. The third kappa shape index (κ3) is 1.76. The van der Waals surface area contributed by atoms with Crippen molar-refractivity contribution in [3.05, 3.63) is 0 Å². The Morgan fingerprint density at radius 3 is 2.33 bits per heavy atom. The summed E-state index contributed by atoms with van der Waals surface area (Å²) in [5, 5.41) is 8.62. The van der Waals surface area contributed by atoms with Crippen LogP contribution in [-0.2, 0) is 4.79 Å². The summed E-state index contributed by atoms with van der Waals surface area (Å²) in [4.78, 5) is 10.5. The van der Waals surface area contributed by atoms with E-state index in [1.807, 2.05) is 0 Å². The average molecular weight is 174 g/mol. The van der Waals surface area contributed by atoms with Crippen molar-refractivity contribution in [1.82, 2.24) is 0 Å². The van der Waals surface area contributed by atoms with E-state index in [9.17, 15) is 9.18 Å². The van der Waals surface area contributed by atoms with Crippen molar-refractivity contribution < 1.29 is 14.3 Å².